The third-order valence-electron chi connectivity index (χ3n) is 5.20. The van der Waals surface area contributed by atoms with Crippen molar-refractivity contribution in [3.05, 3.63) is 65.8 Å². The van der Waals surface area contributed by atoms with Crippen LogP contribution in [0, 0.1) is 5.82 Å². The number of ether oxygens (including phenoxy) is 2. The molecular weight excluding hydrogens is 455 g/mol. The highest BCUT2D eigenvalue weighted by molar-refractivity contribution is 7.98. The molecule has 34 heavy (non-hydrogen) atoms. The molecule has 2 aromatic carbocycles. The van der Waals surface area contributed by atoms with Crippen LogP contribution in [0.5, 0.6) is 5.75 Å². The van der Waals surface area contributed by atoms with Crippen molar-refractivity contribution in [3.63, 3.8) is 0 Å². The predicted octanol–water partition coefficient (Wildman–Crippen LogP) is 6.53. The van der Waals surface area contributed by atoms with Crippen molar-refractivity contribution < 1.29 is 23.2 Å². The Morgan fingerprint density at radius 1 is 1.21 bits per heavy atom. The topological polar surface area (TPSA) is 74.5 Å². The zero-order chi connectivity index (χ0) is 24.7. The number of hydrogen-bond acceptors (Lipinski definition) is 7. The normalized spacial score (nSPS) is 12.6. The highest BCUT2D eigenvalue weighted by Crippen LogP contribution is 2.25. The lowest BCUT2D eigenvalue weighted by Crippen LogP contribution is -2.29. The van der Waals surface area contributed by atoms with Gasteiger partial charge in [0.2, 0.25) is 11.7 Å². The lowest BCUT2D eigenvalue weighted by molar-refractivity contribution is -0.150. The van der Waals surface area contributed by atoms with Gasteiger partial charge in [-0.3, -0.25) is 0 Å². The molecule has 3 aromatic rings. The van der Waals surface area contributed by atoms with Gasteiger partial charge in [-0.15, -0.1) is 11.8 Å². The summed E-state index contributed by atoms with van der Waals surface area (Å²) in [6, 6.07) is 12.1. The van der Waals surface area contributed by atoms with E-state index >= 15 is 0 Å². The van der Waals surface area contributed by atoms with E-state index in [1.807, 2.05) is 58.2 Å². The minimum atomic E-state index is -0.766. The fourth-order valence-electron chi connectivity index (χ4n) is 3.17. The number of nitrogens with zero attached hydrogens (tertiary/aromatic N) is 2. The van der Waals surface area contributed by atoms with E-state index in [0.29, 0.717) is 34.3 Å². The molecule has 0 amide bonds. The molecule has 0 bridgehead atoms. The number of carbonyl (C=O) groups excluding carboxylic acids is 1. The summed E-state index contributed by atoms with van der Waals surface area (Å²) >= 11 is 1.34. The molecule has 0 fully saturated rings. The number of allylic oxidation sites excluding steroid dienone is 1. The summed E-state index contributed by atoms with van der Waals surface area (Å²) in [5, 5.41) is 4.00. The molecule has 0 saturated heterocycles. The molecule has 0 aliphatic heterocycles. The number of thioether (sulfide) groups is 1. The van der Waals surface area contributed by atoms with E-state index in [2.05, 4.69) is 10.1 Å². The third kappa shape index (κ3) is 6.26. The summed E-state index contributed by atoms with van der Waals surface area (Å²) < 4.78 is 30.8. The van der Waals surface area contributed by atoms with Crippen molar-refractivity contribution in [2.45, 2.75) is 51.0 Å². The van der Waals surface area contributed by atoms with Crippen molar-refractivity contribution in [1.29, 1.82) is 0 Å². The summed E-state index contributed by atoms with van der Waals surface area (Å²) in [5.41, 5.74) is 2.19. The van der Waals surface area contributed by atoms with Crippen molar-refractivity contribution in [3.8, 4) is 17.1 Å². The number of halogens is 1. The van der Waals surface area contributed by atoms with Crippen LogP contribution < -0.4 is 4.74 Å². The molecular formula is C26H29FN2O4S. The molecule has 8 heteroatoms. The first-order valence-corrected chi connectivity index (χ1v) is 12.3. The van der Waals surface area contributed by atoms with Crippen LogP contribution in [0.15, 0.2) is 58.0 Å². The van der Waals surface area contributed by atoms with E-state index in [0.717, 1.165) is 11.1 Å². The molecule has 0 N–H and O–H groups in total. The molecule has 1 atom stereocenters. The van der Waals surface area contributed by atoms with Gasteiger partial charge in [-0.25, -0.2) is 9.18 Å². The second-order valence-electron chi connectivity index (χ2n) is 7.92. The van der Waals surface area contributed by atoms with Crippen molar-refractivity contribution in [2.24, 2.45) is 0 Å². The van der Waals surface area contributed by atoms with E-state index < -0.39 is 12.1 Å². The lowest BCUT2D eigenvalue weighted by Gasteiger charge is -2.17. The monoisotopic (exact) mass is 484 g/mol. The second kappa shape index (κ2) is 11.8. The molecule has 180 valence electrons. The molecule has 6 nitrogen and oxygen atoms in total. The number of hydrogen-bond donors (Lipinski definition) is 0. The number of rotatable bonds is 10. The summed E-state index contributed by atoms with van der Waals surface area (Å²) in [5.74, 6) is 0.982. The minimum Gasteiger partial charge on any atom is -0.479 e. The summed E-state index contributed by atoms with van der Waals surface area (Å²) in [7, 11) is 0. The summed E-state index contributed by atoms with van der Waals surface area (Å²) in [4.78, 5) is 17.6. The van der Waals surface area contributed by atoms with Crippen LogP contribution in [0.3, 0.4) is 0 Å². The maximum atomic E-state index is 14.2. The fraction of sp³-hybridized carbons (Fsp3) is 0.346. The molecule has 1 heterocycles. The summed E-state index contributed by atoms with van der Waals surface area (Å²) in [6.07, 6.45) is 3.30. The largest absolute Gasteiger partial charge is 0.479 e. The van der Waals surface area contributed by atoms with Crippen LogP contribution in [0.2, 0.25) is 0 Å². The van der Waals surface area contributed by atoms with Crippen LogP contribution in [0.4, 0.5) is 4.39 Å². The SMILES string of the molecule is CC=C(COC(=O)C(CC)Oc1ccc(-c2noc(C(C)C)n2)cc1)c1ccc(SC)c(F)c1. The average Bonchev–Trinajstić information content (AvgIpc) is 3.34. The summed E-state index contributed by atoms with van der Waals surface area (Å²) in [6.45, 7) is 7.67. The molecule has 0 spiro atoms. The van der Waals surface area contributed by atoms with Crippen molar-refractivity contribution in [2.75, 3.05) is 12.9 Å². The number of benzene rings is 2. The first-order chi connectivity index (χ1) is 16.4. The van der Waals surface area contributed by atoms with Crippen LogP contribution >= 0.6 is 11.8 Å². The molecule has 0 aliphatic carbocycles. The van der Waals surface area contributed by atoms with E-state index in [4.69, 9.17) is 14.0 Å². The molecule has 0 radical (unpaired) electrons. The van der Waals surface area contributed by atoms with E-state index in [-0.39, 0.29) is 18.3 Å². The molecule has 0 aliphatic rings. The number of aromatic nitrogens is 2. The van der Waals surface area contributed by atoms with Crippen molar-refractivity contribution >= 4 is 23.3 Å². The van der Waals surface area contributed by atoms with Gasteiger partial charge < -0.3 is 14.0 Å². The van der Waals surface area contributed by atoms with Gasteiger partial charge in [0.15, 0.2) is 6.10 Å². The number of esters is 1. The van der Waals surface area contributed by atoms with Gasteiger partial charge in [-0.1, -0.05) is 38.1 Å². The van der Waals surface area contributed by atoms with Gasteiger partial charge in [0.05, 0.1) is 0 Å². The Bertz CT molecular complexity index is 1140. The van der Waals surface area contributed by atoms with E-state index in [1.165, 1.54) is 17.8 Å². The van der Waals surface area contributed by atoms with Gasteiger partial charge in [0, 0.05) is 16.4 Å². The molecule has 0 saturated carbocycles. The minimum absolute atomic E-state index is 0.0300. The Morgan fingerprint density at radius 3 is 2.50 bits per heavy atom. The Kier molecular flexibility index (Phi) is 8.87. The predicted molar refractivity (Wildman–Crippen MR) is 131 cm³/mol. The first kappa shape index (κ1) is 25.5. The molecule has 3 rings (SSSR count). The van der Waals surface area contributed by atoms with Crippen LogP contribution in [-0.4, -0.2) is 35.1 Å². The smallest absolute Gasteiger partial charge is 0.347 e. The van der Waals surface area contributed by atoms with Gasteiger partial charge >= 0.3 is 5.97 Å². The van der Waals surface area contributed by atoms with E-state index in [9.17, 15) is 9.18 Å². The van der Waals surface area contributed by atoms with E-state index in [1.54, 1.807) is 18.2 Å². The second-order valence-corrected chi connectivity index (χ2v) is 8.77. The van der Waals surface area contributed by atoms with Gasteiger partial charge in [0.25, 0.3) is 0 Å². The van der Waals surface area contributed by atoms with Gasteiger partial charge in [-0.2, -0.15) is 4.98 Å². The Hall–Kier alpha value is -3.13. The highest BCUT2D eigenvalue weighted by atomic mass is 32.2. The number of carbonyl (C=O) groups is 1. The Balaban J connectivity index is 1.61. The standard InChI is InChI=1S/C26H29FN2O4S/c1-6-17(19-10-13-23(34-5)21(27)14-19)15-31-26(30)22(7-2)32-20-11-8-18(9-12-20)24-28-25(16(3)4)33-29-24/h6,8-14,16,22H,7,15H2,1-5H3. The maximum absolute atomic E-state index is 14.2. The van der Waals surface area contributed by atoms with Crippen LogP contribution in [-0.2, 0) is 9.53 Å². The van der Waals surface area contributed by atoms with Gasteiger partial charge in [0.1, 0.15) is 18.2 Å². The van der Waals surface area contributed by atoms with Gasteiger partial charge in [-0.05, 0) is 67.1 Å². The first-order valence-electron chi connectivity index (χ1n) is 11.1. The zero-order valence-corrected chi connectivity index (χ0v) is 20.8. The molecule has 1 unspecified atom stereocenters. The third-order valence-corrected chi connectivity index (χ3v) is 5.97. The zero-order valence-electron chi connectivity index (χ0n) is 20.0. The lowest BCUT2D eigenvalue weighted by atomic mass is 10.1. The van der Waals surface area contributed by atoms with Crippen molar-refractivity contribution in [1.82, 2.24) is 10.1 Å². The quantitative estimate of drug-likeness (QED) is 0.239. The fourth-order valence-corrected chi connectivity index (χ4v) is 3.63. The average molecular weight is 485 g/mol. The maximum Gasteiger partial charge on any atom is 0.347 e. The Morgan fingerprint density at radius 2 is 1.94 bits per heavy atom. The van der Waals surface area contributed by atoms with Crippen LogP contribution in [0.25, 0.3) is 17.0 Å². The highest BCUT2D eigenvalue weighted by Gasteiger charge is 2.21. The van der Waals surface area contributed by atoms with Crippen LogP contribution in [0.1, 0.15) is 51.5 Å². The molecule has 1 aromatic heterocycles. The Labute approximate surface area is 203 Å².